The van der Waals surface area contributed by atoms with Gasteiger partial charge < -0.3 is 4.74 Å². The molecular weight excluding hydrogens is 253 g/mol. The Morgan fingerprint density at radius 1 is 1.41 bits per heavy atom. The molecule has 1 aromatic carbocycles. The van der Waals surface area contributed by atoms with Gasteiger partial charge in [-0.25, -0.2) is 4.39 Å². The molecule has 0 saturated heterocycles. The Bertz CT molecular complexity index is 488. The van der Waals surface area contributed by atoms with Crippen LogP contribution in [0.15, 0.2) is 17.0 Å². The number of carbonyl (C=O) groups excluding carboxylic acids is 1. The Labute approximate surface area is 100 Å². The molecule has 2 nitrogen and oxygen atoms in total. The zero-order valence-electron chi connectivity index (χ0n) is 9.09. The molecule has 0 fully saturated rings. The van der Waals surface area contributed by atoms with Crippen molar-refractivity contribution in [3.05, 3.63) is 23.3 Å². The molecule has 1 atom stereocenters. The van der Waals surface area contributed by atoms with Crippen LogP contribution in [0, 0.1) is 0 Å². The monoisotopic (exact) mass is 262 g/mol. The lowest BCUT2D eigenvalue weighted by Crippen LogP contribution is -2.26. The number of ether oxygens (including phenoxy) is 1. The normalized spacial score (nSPS) is 21.5. The van der Waals surface area contributed by atoms with E-state index in [0.29, 0.717) is 4.90 Å². The van der Waals surface area contributed by atoms with Crippen molar-refractivity contribution in [3.8, 4) is 5.75 Å². The molecule has 0 spiro atoms. The van der Waals surface area contributed by atoms with Crippen LogP contribution in [0.4, 0.5) is 13.2 Å². The third-order valence-corrected chi connectivity index (χ3v) is 3.49. The summed E-state index contributed by atoms with van der Waals surface area (Å²) >= 11 is 1.12. The average molecular weight is 262 g/mol. The minimum Gasteiger partial charge on any atom is -0.496 e. The number of carbonyl (C=O) groups is 1. The van der Waals surface area contributed by atoms with Crippen LogP contribution in [0.5, 0.6) is 5.75 Å². The maximum atomic E-state index is 13.6. The first-order valence-electron chi connectivity index (χ1n) is 4.76. The second kappa shape index (κ2) is 3.94. The number of fused-ring (bicyclic) bond motifs is 1. The molecule has 0 N–H and O–H groups in total. The molecule has 92 valence electrons. The number of rotatable bonds is 2. The summed E-state index contributed by atoms with van der Waals surface area (Å²) < 4.78 is 45.2. The van der Waals surface area contributed by atoms with Gasteiger partial charge in [0.15, 0.2) is 0 Å². The van der Waals surface area contributed by atoms with Crippen LogP contribution in [0.1, 0.15) is 22.1 Å². The van der Waals surface area contributed by atoms with Crippen LogP contribution in [-0.2, 0) is 0 Å². The minimum absolute atomic E-state index is 0.0178. The van der Waals surface area contributed by atoms with Gasteiger partial charge in [0.1, 0.15) is 5.75 Å². The standard InChI is InChI=1S/C11H9F3O2S/c1-16-5-3-4-6(17-2)8-7(5)9(12)11(13,14)10(8)15/h3-4,9H,1-2H3. The molecule has 0 aromatic heterocycles. The second-order valence-corrected chi connectivity index (χ2v) is 4.42. The van der Waals surface area contributed by atoms with E-state index in [9.17, 15) is 18.0 Å². The molecule has 0 amide bonds. The maximum absolute atomic E-state index is 13.6. The Kier molecular flexibility index (Phi) is 2.85. The lowest BCUT2D eigenvalue weighted by Gasteiger charge is -2.11. The van der Waals surface area contributed by atoms with Gasteiger partial charge >= 0.3 is 5.92 Å². The SMILES string of the molecule is COc1ccc(SC)c2c1C(F)C(F)(F)C2=O. The van der Waals surface area contributed by atoms with Crippen LogP contribution < -0.4 is 4.74 Å². The minimum atomic E-state index is -4.00. The molecule has 0 bridgehead atoms. The summed E-state index contributed by atoms with van der Waals surface area (Å²) in [4.78, 5) is 11.9. The molecule has 0 heterocycles. The number of halogens is 3. The van der Waals surface area contributed by atoms with Gasteiger partial charge in [-0.15, -0.1) is 11.8 Å². The number of benzene rings is 1. The Hall–Kier alpha value is -1.17. The number of thioether (sulfide) groups is 1. The van der Waals surface area contributed by atoms with Gasteiger partial charge in [-0.1, -0.05) is 0 Å². The summed E-state index contributed by atoms with van der Waals surface area (Å²) in [5.41, 5.74) is -0.594. The molecule has 1 aromatic rings. The van der Waals surface area contributed by atoms with Crippen molar-refractivity contribution in [2.75, 3.05) is 13.4 Å². The van der Waals surface area contributed by atoms with Gasteiger partial charge in [0.25, 0.3) is 0 Å². The molecule has 17 heavy (non-hydrogen) atoms. The van der Waals surface area contributed by atoms with Gasteiger partial charge in [0, 0.05) is 16.0 Å². The summed E-state index contributed by atoms with van der Waals surface area (Å²) in [6, 6.07) is 2.88. The lowest BCUT2D eigenvalue weighted by molar-refractivity contribution is -0.0369. The largest absolute Gasteiger partial charge is 0.496 e. The highest BCUT2D eigenvalue weighted by molar-refractivity contribution is 7.98. The molecular formula is C11H9F3O2S. The number of ketones is 1. The van der Waals surface area contributed by atoms with Crippen LogP contribution >= 0.6 is 11.8 Å². The smallest absolute Gasteiger partial charge is 0.344 e. The van der Waals surface area contributed by atoms with Gasteiger partial charge in [-0.3, -0.25) is 4.79 Å². The number of alkyl halides is 3. The molecule has 0 radical (unpaired) electrons. The fraction of sp³-hybridized carbons (Fsp3) is 0.364. The van der Waals surface area contributed by atoms with E-state index in [0.717, 1.165) is 11.8 Å². The van der Waals surface area contributed by atoms with E-state index < -0.39 is 17.9 Å². The van der Waals surface area contributed by atoms with E-state index >= 15 is 0 Å². The summed E-state index contributed by atoms with van der Waals surface area (Å²) in [6.07, 6.45) is -0.994. The molecule has 1 aliphatic rings. The van der Waals surface area contributed by atoms with Crippen molar-refractivity contribution < 1.29 is 22.7 Å². The van der Waals surface area contributed by atoms with Gasteiger partial charge in [0.2, 0.25) is 12.0 Å². The molecule has 2 rings (SSSR count). The predicted molar refractivity (Wildman–Crippen MR) is 57.9 cm³/mol. The average Bonchev–Trinajstić information content (AvgIpc) is 2.50. The van der Waals surface area contributed by atoms with E-state index in [1.165, 1.54) is 19.2 Å². The fourth-order valence-corrected chi connectivity index (χ4v) is 2.49. The van der Waals surface area contributed by atoms with E-state index in [2.05, 4.69) is 0 Å². The van der Waals surface area contributed by atoms with Gasteiger partial charge in [0.05, 0.1) is 7.11 Å². The Morgan fingerprint density at radius 2 is 2.06 bits per heavy atom. The van der Waals surface area contributed by atoms with Crippen molar-refractivity contribution in [2.24, 2.45) is 0 Å². The third-order valence-electron chi connectivity index (χ3n) is 2.71. The molecule has 1 aliphatic carbocycles. The summed E-state index contributed by atoms with van der Waals surface area (Å²) in [5, 5.41) is 0. The van der Waals surface area contributed by atoms with Crippen molar-refractivity contribution in [2.45, 2.75) is 17.0 Å². The topological polar surface area (TPSA) is 26.3 Å². The summed E-state index contributed by atoms with van der Waals surface area (Å²) in [7, 11) is 1.25. The summed E-state index contributed by atoms with van der Waals surface area (Å²) in [5.74, 6) is -5.49. The summed E-state index contributed by atoms with van der Waals surface area (Å²) in [6.45, 7) is 0. The van der Waals surface area contributed by atoms with E-state index in [4.69, 9.17) is 4.74 Å². The van der Waals surface area contributed by atoms with Crippen molar-refractivity contribution in [1.29, 1.82) is 0 Å². The van der Waals surface area contributed by atoms with E-state index in [1.807, 2.05) is 0 Å². The second-order valence-electron chi connectivity index (χ2n) is 3.57. The highest BCUT2D eigenvalue weighted by Gasteiger charge is 2.58. The van der Waals surface area contributed by atoms with Crippen molar-refractivity contribution in [3.63, 3.8) is 0 Å². The zero-order chi connectivity index (χ0) is 12.8. The third kappa shape index (κ3) is 1.54. The van der Waals surface area contributed by atoms with Gasteiger partial charge in [-0.2, -0.15) is 8.78 Å². The highest BCUT2D eigenvalue weighted by Crippen LogP contribution is 2.51. The molecule has 6 heteroatoms. The van der Waals surface area contributed by atoms with Crippen molar-refractivity contribution in [1.82, 2.24) is 0 Å². The number of methoxy groups -OCH3 is 1. The van der Waals surface area contributed by atoms with Crippen LogP contribution in [0.2, 0.25) is 0 Å². The fourth-order valence-electron chi connectivity index (χ4n) is 1.88. The van der Waals surface area contributed by atoms with Gasteiger partial charge in [-0.05, 0) is 18.4 Å². The zero-order valence-corrected chi connectivity index (χ0v) is 9.91. The van der Waals surface area contributed by atoms with E-state index in [-0.39, 0.29) is 16.9 Å². The van der Waals surface area contributed by atoms with Crippen LogP contribution in [0.25, 0.3) is 0 Å². The number of Topliss-reactive ketones (excluding diaryl/α,β-unsaturated/α-hetero) is 1. The molecule has 0 aliphatic heterocycles. The quantitative estimate of drug-likeness (QED) is 0.765. The maximum Gasteiger partial charge on any atom is 0.344 e. The lowest BCUT2D eigenvalue weighted by atomic mass is 10.1. The first-order valence-corrected chi connectivity index (χ1v) is 5.99. The van der Waals surface area contributed by atoms with Crippen LogP contribution in [0.3, 0.4) is 0 Å². The van der Waals surface area contributed by atoms with Crippen LogP contribution in [-0.4, -0.2) is 25.1 Å². The number of hydrogen-bond acceptors (Lipinski definition) is 3. The first-order chi connectivity index (χ1) is 7.95. The van der Waals surface area contributed by atoms with E-state index in [1.54, 1.807) is 6.26 Å². The molecule has 0 saturated carbocycles. The highest BCUT2D eigenvalue weighted by atomic mass is 32.2. The molecule has 1 unspecified atom stereocenters. The Balaban J connectivity index is 2.74. The van der Waals surface area contributed by atoms with Crippen molar-refractivity contribution >= 4 is 17.5 Å². The Morgan fingerprint density at radius 3 is 2.59 bits per heavy atom. The predicted octanol–water partition coefficient (Wildman–Crippen LogP) is 3.26. The first kappa shape index (κ1) is 12.3. The number of hydrogen-bond donors (Lipinski definition) is 0.